The highest BCUT2D eigenvalue weighted by Gasteiger charge is 2.38. The Labute approximate surface area is 191 Å². The molecular formula is C29H46O2. The Hall–Kier alpha value is -1.41. The molecule has 1 aliphatic heterocycles. The number of Topliss-reactive ketones (excluding diaryl/α,β-unsaturated/α-hetero) is 1. The minimum Gasteiger partial charge on any atom is -0.367 e. The van der Waals surface area contributed by atoms with Crippen LogP contribution in [0.5, 0.6) is 0 Å². The zero-order valence-corrected chi connectivity index (χ0v) is 21.2. The average molecular weight is 427 g/mol. The van der Waals surface area contributed by atoms with Crippen LogP contribution in [-0.2, 0) is 9.53 Å². The molecular weight excluding hydrogens is 380 g/mol. The predicted molar refractivity (Wildman–Crippen MR) is 133 cm³/mol. The Balaban J connectivity index is 1.71. The molecule has 0 spiro atoms. The molecule has 4 atom stereocenters. The average Bonchev–Trinajstić information content (AvgIpc) is 2.71. The summed E-state index contributed by atoms with van der Waals surface area (Å²) < 4.78 is 6.65. The highest BCUT2D eigenvalue weighted by Crippen LogP contribution is 2.41. The van der Waals surface area contributed by atoms with Crippen molar-refractivity contribution in [3.8, 4) is 0 Å². The number of ether oxygens (including phenoxy) is 1. The first-order valence-corrected chi connectivity index (χ1v) is 12.5. The first-order valence-electron chi connectivity index (χ1n) is 12.5. The summed E-state index contributed by atoms with van der Waals surface area (Å²) in [6, 6.07) is 0. The number of carbonyl (C=O) groups excluding carboxylic acids is 1. The fourth-order valence-corrected chi connectivity index (χ4v) is 4.67. The molecule has 2 aliphatic rings. The normalized spacial score (nSPS) is 28.0. The van der Waals surface area contributed by atoms with E-state index < -0.39 is 0 Å². The molecule has 1 saturated heterocycles. The summed E-state index contributed by atoms with van der Waals surface area (Å²) in [6.45, 7) is 15.1. The summed E-state index contributed by atoms with van der Waals surface area (Å²) in [5.74, 6) is 1.02. The maximum Gasteiger partial charge on any atom is 0.132 e. The van der Waals surface area contributed by atoms with Crippen LogP contribution in [-0.4, -0.2) is 17.5 Å². The van der Waals surface area contributed by atoms with Gasteiger partial charge in [0.15, 0.2) is 0 Å². The molecule has 2 heteroatoms. The van der Waals surface area contributed by atoms with Gasteiger partial charge in [0, 0.05) is 11.8 Å². The summed E-state index contributed by atoms with van der Waals surface area (Å²) in [4.78, 5) is 11.3. The standard InChI is InChI=1S/C29H46O2/c1-21(13-9-15-24(4)26(6)30)11-8-12-22(2)14-10-19-29(7)20-18-27-17-16-23(3)25(5)28(27)31-29/h11,14,16-17,24-25,28H,8-10,12-13,15,18-20H2,1-7H3/b21-11+,22-14+. The van der Waals surface area contributed by atoms with Crippen molar-refractivity contribution in [1.82, 2.24) is 0 Å². The van der Waals surface area contributed by atoms with Crippen LogP contribution >= 0.6 is 0 Å². The van der Waals surface area contributed by atoms with Crippen LogP contribution in [0.3, 0.4) is 0 Å². The first kappa shape index (κ1) is 25.8. The molecule has 4 unspecified atom stereocenters. The quantitative estimate of drug-likeness (QED) is 0.311. The molecule has 2 nitrogen and oxygen atoms in total. The van der Waals surface area contributed by atoms with Gasteiger partial charge in [0.2, 0.25) is 0 Å². The molecule has 2 rings (SSSR count). The lowest BCUT2D eigenvalue weighted by Crippen LogP contribution is -2.43. The van der Waals surface area contributed by atoms with E-state index in [1.165, 1.54) is 28.7 Å². The van der Waals surface area contributed by atoms with Gasteiger partial charge in [0.25, 0.3) is 0 Å². The second-order valence-electron chi connectivity index (χ2n) is 10.5. The highest BCUT2D eigenvalue weighted by atomic mass is 16.5. The fraction of sp³-hybridized carbons (Fsp3) is 0.690. The van der Waals surface area contributed by atoms with Crippen molar-refractivity contribution in [2.45, 2.75) is 118 Å². The van der Waals surface area contributed by atoms with Gasteiger partial charge in [0.1, 0.15) is 5.78 Å². The molecule has 0 bridgehead atoms. The molecule has 0 N–H and O–H groups in total. The van der Waals surface area contributed by atoms with E-state index in [1.807, 2.05) is 6.92 Å². The van der Waals surface area contributed by atoms with Crippen molar-refractivity contribution >= 4 is 5.78 Å². The van der Waals surface area contributed by atoms with Gasteiger partial charge in [-0.2, -0.15) is 0 Å². The van der Waals surface area contributed by atoms with Crippen molar-refractivity contribution in [2.24, 2.45) is 11.8 Å². The lowest BCUT2D eigenvalue weighted by molar-refractivity contribution is -0.120. The van der Waals surface area contributed by atoms with Gasteiger partial charge in [-0.05, 0) is 98.0 Å². The smallest absolute Gasteiger partial charge is 0.132 e. The van der Waals surface area contributed by atoms with Crippen LogP contribution in [0.2, 0.25) is 0 Å². The van der Waals surface area contributed by atoms with E-state index in [0.717, 1.165) is 51.4 Å². The van der Waals surface area contributed by atoms with Crippen LogP contribution in [0.15, 0.2) is 46.6 Å². The van der Waals surface area contributed by atoms with E-state index in [4.69, 9.17) is 4.74 Å². The minimum absolute atomic E-state index is 0.00182. The van der Waals surface area contributed by atoms with E-state index in [1.54, 1.807) is 6.92 Å². The SMILES string of the molecule is CC(=O)C(C)CCC/C(C)=C/CC/C(C)=C/CCC1(C)CCC2=CC=C(C)C(C)C2O1. The lowest BCUT2D eigenvalue weighted by Gasteiger charge is -2.44. The molecule has 0 aromatic rings. The van der Waals surface area contributed by atoms with Crippen LogP contribution in [0.25, 0.3) is 0 Å². The number of carbonyl (C=O) groups is 1. The topological polar surface area (TPSA) is 26.3 Å². The molecule has 31 heavy (non-hydrogen) atoms. The zero-order chi connectivity index (χ0) is 23.0. The maximum absolute atomic E-state index is 11.3. The van der Waals surface area contributed by atoms with E-state index in [0.29, 0.717) is 11.7 Å². The van der Waals surface area contributed by atoms with Crippen LogP contribution in [0, 0.1) is 11.8 Å². The van der Waals surface area contributed by atoms with Gasteiger partial charge in [-0.15, -0.1) is 0 Å². The second kappa shape index (κ2) is 12.0. The van der Waals surface area contributed by atoms with Crippen molar-refractivity contribution < 1.29 is 9.53 Å². The second-order valence-corrected chi connectivity index (χ2v) is 10.5. The summed E-state index contributed by atoms with van der Waals surface area (Å²) in [5, 5.41) is 0. The molecule has 0 saturated carbocycles. The molecule has 1 fully saturated rings. The third kappa shape index (κ3) is 8.22. The molecule has 0 aromatic heterocycles. The summed E-state index contributed by atoms with van der Waals surface area (Å²) in [6.07, 6.45) is 19.6. The summed E-state index contributed by atoms with van der Waals surface area (Å²) >= 11 is 0. The Morgan fingerprint density at radius 1 is 1.16 bits per heavy atom. The Morgan fingerprint density at radius 3 is 2.55 bits per heavy atom. The predicted octanol–water partition coefficient (Wildman–Crippen LogP) is 8.29. The maximum atomic E-state index is 11.3. The zero-order valence-electron chi connectivity index (χ0n) is 21.2. The molecule has 174 valence electrons. The van der Waals surface area contributed by atoms with Crippen molar-refractivity contribution in [1.29, 1.82) is 0 Å². The fourth-order valence-electron chi connectivity index (χ4n) is 4.67. The number of ketones is 1. The first-order chi connectivity index (χ1) is 14.6. The van der Waals surface area contributed by atoms with Crippen LogP contribution in [0.1, 0.15) is 106 Å². The third-order valence-electron chi connectivity index (χ3n) is 7.55. The van der Waals surface area contributed by atoms with Crippen LogP contribution < -0.4 is 0 Å². The van der Waals surface area contributed by atoms with Crippen LogP contribution in [0.4, 0.5) is 0 Å². The van der Waals surface area contributed by atoms with E-state index in [9.17, 15) is 4.79 Å². The summed E-state index contributed by atoms with van der Waals surface area (Å²) in [7, 11) is 0. The van der Waals surface area contributed by atoms with Crippen molar-refractivity contribution in [3.63, 3.8) is 0 Å². The molecule has 0 amide bonds. The minimum atomic E-state index is -0.00182. The number of hydrogen-bond donors (Lipinski definition) is 0. The molecule has 0 aromatic carbocycles. The Morgan fingerprint density at radius 2 is 1.84 bits per heavy atom. The van der Waals surface area contributed by atoms with Crippen molar-refractivity contribution in [3.05, 3.63) is 46.6 Å². The van der Waals surface area contributed by atoms with Crippen molar-refractivity contribution in [2.75, 3.05) is 0 Å². The molecule has 0 radical (unpaired) electrons. The Kier molecular flexibility index (Phi) is 10.0. The van der Waals surface area contributed by atoms with Gasteiger partial charge in [-0.1, -0.05) is 54.9 Å². The largest absolute Gasteiger partial charge is 0.367 e. The number of rotatable bonds is 11. The monoisotopic (exact) mass is 426 g/mol. The third-order valence-corrected chi connectivity index (χ3v) is 7.55. The van der Waals surface area contributed by atoms with Gasteiger partial charge in [-0.25, -0.2) is 0 Å². The lowest BCUT2D eigenvalue weighted by atomic mass is 9.78. The number of allylic oxidation sites excluding steroid dienone is 6. The molecule has 1 heterocycles. The van der Waals surface area contributed by atoms with Gasteiger partial charge in [-0.3, -0.25) is 4.79 Å². The van der Waals surface area contributed by atoms with Gasteiger partial charge < -0.3 is 4.74 Å². The van der Waals surface area contributed by atoms with Gasteiger partial charge >= 0.3 is 0 Å². The highest BCUT2D eigenvalue weighted by molar-refractivity contribution is 5.77. The Bertz CT molecular complexity index is 736. The van der Waals surface area contributed by atoms with E-state index >= 15 is 0 Å². The van der Waals surface area contributed by atoms with E-state index in [-0.39, 0.29) is 17.6 Å². The van der Waals surface area contributed by atoms with Gasteiger partial charge in [0.05, 0.1) is 11.7 Å². The molecule has 1 aliphatic carbocycles. The number of hydrogen-bond acceptors (Lipinski definition) is 2. The number of fused-ring (bicyclic) bond motifs is 1. The summed E-state index contributed by atoms with van der Waals surface area (Å²) in [5.41, 5.74) is 5.87. The van der Waals surface area contributed by atoms with E-state index in [2.05, 4.69) is 58.9 Å².